The van der Waals surface area contributed by atoms with Gasteiger partial charge in [0, 0.05) is 12.2 Å². The Labute approximate surface area is 188 Å². The van der Waals surface area contributed by atoms with Crippen molar-refractivity contribution in [3.8, 4) is 5.75 Å². The third kappa shape index (κ3) is 6.56. The quantitative estimate of drug-likeness (QED) is 0.270. The number of allylic oxidation sites excluding steroid dienone is 1. The average Bonchev–Trinajstić information content (AvgIpc) is 2.73. The number of esters is 1. The fraction of sp³-hybridized carbons (Fsp3) is 0.524. The number of ether oxygens (including phenoxy) is 2. The molecule has 32 heavy (non-hydrogen) atoms. The van der Waals surface area contributed by atoms with Crippen LogP contribution in [0.2, 0.25) is 0 Å². The second-order valence-corrected chi connectivity index (χ2v) is 8.86. The molecule has 0 radical (unpaired) electrons. The fourth-order valence-electron chi connectivity index (χ4n) is 3.33. The molecule has 10 nitrogen and oxygen atoms in total. The molecular formula is C21H31N2O8P. The van der Waals surface area contributed by atoms with Gasteiger partial charge in [-0.25, -0.2) is 9.59 Å². The molecule has 1 unspecified atom stereocenters. The maximum absolute atomic E-state index is 12.8. The van der Waals surface area contributed by atoms with Crippen LogP contribution in [0.1, 0.15) is 39.3 Å². The minimum Gasteiger partial charge on any atom is -0.508 e. The van der Waals surface area contributed by atoms with Gasteiger partial charge in [-0.05, 0) is 45.4 Å². The summed E-state index contributed by atoms with van der Waals surface area (Å²) in [4.78, 5) is 26.9. The third-order valence-electron chi connectivity index (χ3n) is 4.63. The summed E-state index contributed by atoms with van der Waals surface area (Å²) in [6, 6.07) is 5.06. The molecule has 1 aromatic carbocycles. The van der Waals surface area contributed by atoms with Crippen LogP contribution in [0.3, 0.4) is 0 Å². The van der Waals surface area contributed by atoms with Gasteiger partial charge in [0.1, 0.15) is 12.1 Å². The first-order chi connectivity index (χ1) is 15.3. The largest absolute Gasteiger partial charge is 0.508 e. The maximum atomic E-state index is 12.8. The van der Waals surface area contributed by atoms with E-state index in [1.165, 1.54) is 17.0 Å². The molecule has 1 aromatic rings. The van der Waals surface area contributed by atoms with E-state index in [0.29, 0.717) is 11.3 Å². The minimum absolute atomic E-state index is 0.0291. The van der Waals surface area contributed by atoms with Crippen LogP contribution in [0, 0.1) is 0 Å². The zero-order valence-corrected chi connectivity index (χ0v) is 19.7. The molecule has 2 amide bonds. The molecule has 0 saturated heterocycles. The van der Waals surface area contributed by atoms with Crippen LogP contribution >= 0.6 is 7.60 Å². The van der Waals surface area contributed by atoms with Crippen molar-refractivity contribution in [2.75, 3.05) is 39.3 Å². The Kier molecular flexibility index (Phi) is 9.71. The highest BCUT2D eigenvalue weighted by Crippen LogP contribution is 2.47. The van der Waals surface area contributed by atoms with Crippen molar-refractivity contribution >= 4 is 19.6 Å². The molecule has 0 fully saturated rings. The van der Waals surface area contributed by atoms with Crippen molar-refractivity contribution in [2.45, 2.75) is 33.7 Å². The van der Waals surface area contributed by atoms with Gasteiger partial charge >= 0.3 is 19.6 Å². The number of benzene rings is 1. The monoisotopic (exact) mass is 470 g/mol. The zero-order valence-electron chi connectivity index (χ0n) is 18.8. The lowest BCUT2D eigenvalue weighted by Crippen LogP contribution is -2.49. The first kappa shape index (κ1) is 25.9. The van der Waals surface area contributed by atoms with Crippen LogP contribution < -0.4 is 5.32 Å². The van der Waals surface area contributed by atoms with Crippen LogP contribution in [0.15, 0.2) is 35.5 Å². The molecule has 0 bridgehead atoms. The van der Waals surface area contributed by atoms with E-state index in [9.17, 15) is 19.3 Å². The highest BCUT2D eigenvalue weighted by Gasteiger charge is 2.38. The van der Waals surface area contributed by atoms with E-state index in [4.69, 9.17) is 18.5 Å². The van der Waals surface area contributed by atoms with Crippen LogP contribution in [-0.4, -0.2) is 61.3 Å². The SMILES string of the molecule is CCOC(=O)C1=C(C)NC(=O)N(CCOCP(=O)(OCC)OCC)C1c1ccc(O)cc1. The number of hydrogen-bond donors (Lipinski definition) is 2. The number of carbonyl (C=O) groups excluding carboxylic acids is 2. The van der Waals surface area contributed by atoms with Gasteiger partial charge < -0.3 is 33.8 Å². The van der Waals surface area contributed by atoms with Gasteiger partial charge in [-0.3, -0.25) is 4.57 Å². The number of carbonyl (C=O) groups is 2. The van der Waals surface area contributed by atoms with Gasteiger partial charge in [-0.2, -0.15) is 0 Å². The van der Waals surface area contributed by atoms with Gasteiger partial charge in [0.25, 0.3) is 0 Å². The Bertz CT molecular complexity index is 861. The van der Waals surface area contributed by atoms with Crippen molar-refractivity contribution in [1.29, 1.82) is 0 Å². The molecule has 178 valence electrons. The Morgan fingerprint density at radius 3 is 2.31 bits per heavy atom. The predicted octanol–water partition coefficient (Wildman–Crippen LogP) is 3.54. The summed E-state index contributed by atoms with van der Waals surface area (Å²) in [6.45, 7) is 7.47. The summed E-state index contributed by atoms with van der Waals surface area (Å²) in [5.41, 5.74) is 1.29. The molecule has 1 atom stereocenters. The lowest BCUT2D eigenvalue weighted by molar-refractivity contribution is -0.139. The standard InChI is InChI=1S/C21H31N2O8P/c1-5-29-20(25)18-15(4)22-21(26)23(19(18)16-8-10-17(24)11-9-16)12-13-28-14-32(27,30-6-2)31-7-3/h8-11,19,24H,5-7,12-14H2,1-4H3,(H,22,26). The number of amides is 2. The molecular weight excluding hydrogens is 439 g/mol. The Hall–Kier alpha value is -2.39. The molecule has 1 heterocycles. The van der Waals surface area contributed by atoms with E-state index in [1.54, 1.807) is 39.8 Å². The minimum atomic E-state index is -3.38. The van der Waals surface area contributed by atoms with Gasteiger partial charge in [0.05, 0.1) is 38.0 Å². The zero-order chi connectivity index (χ0) is 23.7. The van der Waals surface area contributed by atoms with Crippen LogP contribution in [0.4, 0.5) is 4.79 Å². The van der Waals surface area contributed by atoms with Gasteiger partial charge in [0.2, 0.25) is 0 Å². The van der Waals surface area contributed by atoms with Crippen LogP contribution in [-0.2, 0) is 27.9 Å². The predicted molar refractivity (Wildman–Crippen MR) is 117 cm³/mol. The smallest absolute Gasteiger partial charge is 0.356 e. The topological polar surface area (TPSA) is 124 Å². The molecule has 0 aromatic heterocycles. The van der Waals surface area contributed by atoms with E-state index in [0.717, 1.165) is 0 Å². The molecule has 1 aliphatic heterocycles. The highest BCUT2D eigenvalue weighted by atomic mass is 31.2. The molecule has 0 spiro atoms. The third-order valence-corrected chi connectivity index (χ3v) is 6.43. The van der Waals surface area contributed by atoms with Crippen molar-refractivity contribution in [1.82, 2.24) is 10.2 Å². The summed E-state index contributed by atoms with van der Waals surface area (Å²) in [5.74, 6) is -0.490. The number of urea groups is 1. The first-order valence-electron chi connectivity index (χ1n) is 10.5. The Morgan fingerprint density at radius 1 is 1.12 bits per heavy atom. The molecule has 2 rings (SSSR count). The normalized spacial score (nSPS) is 16.8. The van der Waals surface area contributed by atoms with Crippen molar-refractivity contribution < 1.29 is 37.8 Å². The summed E-state index contributed by atoms with van der Waals surface area (Å²) < 4.78 is 33.7. The lowest BCUT2D eigenvalue weighted by Gasteiger charge is -2.37. The molecule has 11 heteroatoms. The van der Waals surface area contributed by atoms with Crippen molar-refractivity contribution in [2.24, 2.45) is 0 Å². The summed E-state index contributed by atoms with van der Waals surface area (Å²) in [7, 11) is -3.38. The van der Waals surface area contributed by atoms with E-state index in [1.807, 2.05) is 0 Å². The molecule has 2 N–H and O–H groups in total. The van der Waals surface area contributed by atoms with E-state index < -0.39 is 25.6 Å². The summed E-state index contributed by atoms with van der Waals surface area (Å²) in [6.07, 6.45) is -0.256. The molecule has 0 saturated carbocycles. The summed E-state index contributed by atoms with van der Waals surface area (Å²) >= 11 is 0. The van der Waals surface area contributed by atoms with Crippen LogP contribution in [0.5, 0.6) is 5.75 Å². The number of nitrogens with zero attached hydrogens (tertiary/aromatic N) is 1. The molecule has 0 aliphatic carbocycles. The lowest BCUT2D eigenvalue weighted by atomic mass is 9.93. The number of phenols is 1. The van der Waals surface area contributed by atoms with Crippen molar-refractivity contribution in [3.63, 3.8) is 0 Å². The van der Waals surface area contributed by atoms with Crippen molar-refractivity contribution in [3.05, 3.63) is 41.1 Å². The van der Waals surface area contributed by atoms with E-state index in [-0.39, 0.29) is 50.6 Å². The van der Waals surface area contributed by atoms with Crippen LogP contribution in [0.25, 0.3) is 0 Å². The highest BCUT2D eigenvalue weighted by molar-refractivity contribution is 7.53. The second kappa shape index (κ2) is 12.0. The Balaban J connectivity index is 2.25. The second-order valence-electron chi connectivity index (χ2n) is 6.86. The molecule has 1 aliphatic rings. The number of phenolic OH excluding ortho intramolecular Hbond substituents is 1. The maximum Gasteiger partial charge on any atom is 0.356 e. The number of rotatable bonds is 12. The average molecular weight is 470 g/mol. The Morgan fingerprint density at radius 2 is 1.75 bits per heavy atom. The number of hydrogen-bond acceptors (Lipinski definition) is 8. The summed E-state index contributed by atoms with van der Waals surface area (Å²) in [5, 5.41) is 12.3. The van der Waals surface area contributed by atoms with E-state index >= 15 is 0 Å². The van der Waals surface area contributed by atoms with Gasteiger partial charge in [-0.1, -0.05) is 12.1 Å². The number of aromatic hydroxyl groups is 1. The number of nitrogens with one attached hydrogen (secondary N) is 1. The van der Waals surface area contributed by atoms with Gasteiger partial charge in [0.15, 0.2) is 0 Å². The van der Waals surface area contributed by atoms with Gasteiger partial charge in [-0.15, -0.1) is 0 Å². The van der Waals surface area contributed by atoms with E-state index in [2.05, 4.69) is 5.32 Å². The fourth-order valence-corrected chi connectivity index (χ4v) is 4.69. The first-order valence-corrected chi connectivity index (χ1v) is 12.2.